The molecule has 0 radical (unpaired) electrons. The summed E-state index contributed by atoms with van der Waals surface area (Å²) in [6.07, 6.45) is 0. The van der Waals surface area contributed by atoms with Gasteiger partial charge >= 0.3 is 5.97 Å². The highest BCUT2D eigenvalue weighted by atomic mass is 35.5. The van der Waals surface area contributed by atoms with Crippen molar-refractivity contribution in [3.63, 3.8) is 0 Å². The van der Waals surface area contributed by atoms with Crippen LogP contribution in [0.15, 0.2) is 59.5 Å². The van der Waals surface area contributed by atoms with Crippen LogP contribution in [0.2, 0.25) is 5.02 Å². The van der Waals surface area contributed by atoms with Crippen LogP contribution in [0.4, 0.5) is 0 Å². The van der Waals surface area contributed by atoms with Crippen molar-refractivity contribution in [2.45, 2.75) is 16.1 Å². The van der Waals surface area contributed by atoms with Crippen LogP contribution in [0, 0.1) is 5.41 Å². The minimum Gasteiger partial charge on any atom is -0.481 e. The largest absolute Gasteiger partial charge is 0.481 e. The molecule has 0 saturated heterocycles. The highest BCUT2D eigenvalue weighted by molar-refractivity contribution is 7.92. The van der Waals surface area contributed by atoms with Gasteiger partial charge in [0.1, 0.15) is 5.41 Å². The van der Waals surface area contributed by atoms with Crippen molar-refractivity contribution in [2.24, 2.45) is 5.41 Å². The molecule has 1 saturated carbocycles. The second-order valence-electron chi connectivity index (χ2n) is 6.09. The van der Waals surface area contributed by atoms with Crippen molar-refractivity contribution in [3.8, 4) is 0 Å². The Morgan fingerprint density at radius 1 is 1.20 bits per heavy atom. The monoisotopic (exact) mass is 380 g/mol. The molecule has 0 aliphatic heterocycles. The first kappa shape index (κ1) is 17.9. The smallest absolute Gasteiger partial charge is 0.314 e. The molecule has 1 aliphatic rings. The van der Waals surface area contributed by atoms with E-state index in [0.29, 0.717) is 10.6 Å². The van der Waals surface area contributed by atoms with E-state index in [4.69, 9.17) is 16.3 Å². The van der Waals surface area contributed by atoms with E-state index in [9.17, 15) is 18.3 Å². The summed E-state index contributed by atoms with van der Waals surface area (Å²) >= 11 is 6.02. The Balaban J connectivity index is 2.14. The summed E-state index contributed by atoms with van der Waals surface area (Å²) in [4.78, 5) is 12.2. The molecule has 3 unspecified atom stereocenters. The number of hydrogen-bond donors (Lipinski definition) is 1. The lowest BCUT2D eigenvalue weighted by Crippen LogP contribution is -2.28. The summed E-state index contributed by atoms with van der Waals surface area (Å²) in [5.74, 6) is -1.92. The number of hydrogen-bond acceptors (Lipinski definition) is 4. The van der Waals surface area contributed by atoms with Crippen LogP contribution in [0.3, 0.4) is 0 Å². The molecule has 0 bridgehead atoms. The minimum atomic E-state index is -3.85. The summed E-state index contributed by atoms with van der Waals surface area (Å²) in [5, 5.41) is 9.15. The van der Waals surface area contributed by atoms with Crippen LogP contribution >= 0.6 is 11.6 Å². The molecule has 1 N–H and O–H groups in total. The molecule has 132 valence electrons. The fourth-order valence-corrected chi connectivity index (χ4v) is 6.09. The van der Waals surface area contributed by atoms with E-state index in [1.807, 2.05) is 0 Å². The van der Waals surface area contributed by atoms with Crippen molar-refractivity contribution < 1.29 is 23.1 Å². The Morgan fingerprint density at radius 2 is 1.88 bits per heavy atom. The molecule has 25 heavy (non-hydrogen) atoms. The highest BCUT2D eigenvalue weighted by Gasteiger charge is 2.76. The Kier molecular flexibility index (Phi) is 4.62. The molecule has 2 aromatic carbocycles. The van der Waals surface area contributed by atoms with Crippen molar-refractivity contribution in [1.29, 1.82) is 0 Å². The van der Waals surface area contributed by atoms with Gasteiger partial charge in [-0.2, -0.15) is 0 Å². The zero-order valence-corrected chi connectivity index (χ0v) is 15.0. The van der Waals surface area contributed by atoms with Crippen molar-refractivity contribution in [2.75, 3.05) is 13.7 Å². The number of sulfone groups is 1. The first-order chi connectivity index (χ1) is 11.9. The van der Waals surface area contributed by atoms with Gasteiger partial charge in [0.2, 0.25) is 0 Å². The third kappa shape index (κ3) is 2.84. The Labute approximate surface area is 151 Å². The fourth-order valence-electron chi connectivity index (χ4n) is 3.52. The molecular weight excluding hydrogens is 364 g/mol. The average Bonchev–Trinajstić information content (AvgIpc) is 3.27. The van der Waals surface area contributed by atoms with Crippen LogP contribution in [0.1, 0.15) is 11.5 Å². The van der Waals surface area contributed by atoms with E-state index in [1.54, 1.807) is 42.5 Å². The Hall–Kier alpha value is -1.89. The van der Waals surface area contributed by atoms with E-state index in [2.05, 4.69) is 0 Å². The van der Waals surface area contributed by atoms with Gasteiger partial charge in [0, 0.05) is 18.1 Å². The molecule has 1 fully saturated rings. The Morgan fingerprint density at radius 3 is 2.44 bits per heavy atom. The molecule has 2 aromatic rings. The Bertz CT molecular complexity index is 897. The van der Waals surface area contributed by atoms with E-state index < -0.39 is 32.4 Å². The van der Waals surface area contributed by atoms with Gasteiger partial charge < -0.3 is 9.84 Å². The minimum absolute atomic E-state index is 0.103. The number of rotatable bonds is 6. The summed E-state index contributed by atoms with van der Waals surface area (Å²) in [6, 6.07) is 14.5. The van der Waals surface area contributed by atoms with E-state index in [-0.39, 0.29) is 11.5 Å². The number of benzene rings is 2. The SMILES string of the molecule is COCC1(C(=O)O)C(c2cccc(Cl)c2)C1S(=O)(=O)c1ccccc1. The molecule has 1 aliphatic carbocycles. The number of carbonyl (C=O) groups is 1. The van der Waals surface area contributed by atoms with Gasteiger partial charge in [0.15, 0.2) is 9.84 Å². The van der Waals surface area contributed by atoms with Gasteiger partial charge in [0.05, 0.1) is 16.8 Å². The number of ether oxygens (including phenoxy) is 1. The maximum absolute atomic E-state index is 13.1. The zero-order valence-electron chi connectivity index (χ0n) is 13.4. The highest BCUT2D eigenvalue weighted by Crippen LogP contribution is 2.64. The molecule has 0 spiro atoms. The van der Waals surface area contributed by atoms with Crippen LogP contribution < -0.4 is 0 Å². The van der Waals surface area contributed by atoms with Gasteiger partial charge in [-0.25, -0.2) is 8.42 Å². The number of methoxy groups -OCH3 is 1. The molecule has 5 nitrogen and oxygen atoms in total. The van der Waals surface area contributed by atoms with Crippen molar-refractivity contribution in [3.05, 3.63) is 65.2 Å². The molecule has 0 heterocycles. The lowest BCUT2D eigenvalue weighted by molar-refractivity contribution is -0.145. The first-order valence-corrected chi connectivity index (χ1v) is 9.55. The summed E-state index contributed by atoms with van der Waals surface area (Å²) in [5.41, 5.74) is -0.954. The zero-order chi connectivity index (χ0) is 18.2. The standard InChI is InChI=1S/C18H17ClO5S/c1-24-11-18(17(20)21)15(12-6-5-7-13(19)10-12)16(18)25(22,23)14-8-3-2-4-9-14/h2-10,15-16H,11H2,1H3,(H,20,21). The van der Waals surface area contributed by atoms with Crippen molar-refractivity contribution >= 4 is 27.4 Å². The predicted octanol–water partition coefficient (Wildman–Crippen LogP) is 3.00. The van der Waals surface area contributed by atoms with Crippen molar-refractivity contribution in [1.82, 2.24) is 0 Å². The third-order valence-electron chi connectivity index (χ3n) is 4.65. The van der Waals surface area contributed by atoms with Crippen LogP contribution in [0.5, 0.6) is 0 Å². The molecule has 0 amide bonds. The number of aliphatic carboxylic acids is 1. The first-order valence-electron chi connectivity index (χ1n) is 7.62. The third-order valence-corrected chi connectivity index (χ3v) is 7.18. The van der Waals surface area contributed by atoms with E-state index in [1.165, 1.54) is 19.2 Å². The van der Waals surface area contributed by atoms with Gasteiger partial charge in [0.25, 0.3) is 0 Å². The molecule has 7 heteroatoms. The second-order valence-corrected chi connectivity index (χ2v) is 8.60. The average molecular weight is 381 g/mol. The lowest BCUT2D eigenvalue weighted by atomic mass is 10.00. The van der Waals surface area contributed by atoms with E-state index >= 15 is 0 Å². The summed E-state index contributed by atoms with van der Waals surface area (Å²) < 4.78 is 31.3. The van der Waals surface area contributed by atoms with Crippen LogP contribution in [0.25, 0.3) is 0 Å². The van der Waals surface area contributed by atoms with E-state index in [0.717, 1.165) is 0 Å². The molecule has 0 aromatic heterocycles. The van der Waals surface area contributed by atoms with Crippen LogP contribution in [-0.2, 0) is 19.4 Å². The van der Waals surface area contributed by atoms with Crippen LogP contribution in [-0.4, -0.2) is 38.5 Å². The second kappa shape index (κ2) is 6.44. The summed E-state index contributed by atoms with van der Waals surface area (Å²) in [7, 11) is -2.49. The molecule has 3 rings (SSSR count). The van der Waals surface area contributed by atoms with Gasteiger partial charge in [-0.1, -0.05) is 41.9 Å². The van der Waals surface area contributed by atoms with Gasteiger partial charge in [-0.15, -0.1) is 0 Å². The fraction of sp³-hybridized carbons (Fsp3) is 0.278. The number of halogens is 1. The molecular formula is C18H17ClO5S. The maximum Gasteiger partial charge on any atom is 0.314 e. The normalized spacial score (nSPS) is 25.5. The van der Waals surface area contributed by atoms with Gasteiger partial charge in [-0.3, -0.25) is 4.79 Å². The summed E-state index contributed by atoms with van der Waals surface area (Å²) in [6.45, 7) is -0.198. The van der Waals surface area contributed by atoms with Gasteiger partial charge in [-0.05, 0) is 29.8 Å². The predicted molar refractivity (Wildman–Crippen MR) is 93.6 cm³/mol. The topological polar surface area (TPSA) is 80.7 Å². The molecule has 3 atom stereocenters. The number of carboxylic acids is 1. The quantitative estimate of drug-likeness (QED) is 0.833. The lowest BCUT2D eigenvalue weighted by Gasteiger charge is -2.12. The maximum atomic E-state index is 13.1. The number of carboxylic acid groups (broad SMARTS) is 1.